The van der Waals surface area contributed by atoms with Gasteiger partial charge in [0.05, 0.1) is 6.61 Å². The molecule has 19 heavy (non-hydrogen) atoms. The van der Waals surface area contributed by atoms with Crippen LogP contribution in [0.4, 0.5) is 4.39 Å². The van der Waals surface area contributed by atoms with Crippen molar-refractivity contribution < 1.29 is 13.9 Å². The number of halogens is 1. The maximum absolute atomic E-state index is 13.1. The van der Waals surface area contributed by atoms with Gasteiger partial charge in [-0.1, -0.05) is 0 Å². The minimum atomic E-state index is -0.202. The molecule has 0 aromatic heterocycles. The van der Waals surface area contributed by atoms with Gasteiger partial charge in [0, 0.05) is 19.1 Å². The van der Waals surface area contributed by atoms with E-state index in [1.54, 1.807) is 19.1 Å². The third-order valence-corrected chi connectivity index (χ3v) is 3.47. The van der Waals surface area contributed by atoms with Crippen LogP contribution >= 0.6 is 0 Å². The van der Waals surface area contributed by atoms with Gasteiger partial charge in [0.15, 0.2) is 0 Å². The highest BCUT2D eigenvalue weighted by atomic mass is 19.1. The van der Waals surface area contributed by atoms with Gasteiger partial charge in [-0.05, 0) is 44.5 Å². The lowest BCUT2D eigenvalue weighted by Gasteiger charge is -2.35. The van der Waals surface area contributed by atoms with Gasteiger partial charge >= 0.3 is 0 Å². The highest BCUT2D eigenvalue weighted by Gasteiger charge is 2.22. The molecule has 1 aliphatic rings. The molecule has 0 spiro atoms. The molecule has 1 atom stereocenters. The number of morpholine rings is 1. The van der Waals surface area contributed by atoms with Gasteiger partial charge in [-0.2, -0.15) is 0 Å². The van der Waals surface area contributed by atoms with Crippen LogP contribution in [0.5, 0.6) is 5.75 Å². The Hall–Kier alpha value is -1.13. The van der Waals surface area contributed by atoms with Crippen molar-refractivity contribution in [3.8, 4) is 5.75 Å². The minimum Gasteiger partial charge on any atom is -0.491 e. The van der Waals surface area contributed by atoms with Crippen molar-refractivity contribution in [3.63, 3.8) is 0 Å². The summed E-state index contributed by atoms with van der Waals surface area (Å²) in [5, 5.41) is 0. The van der Waals surface area contributed by atoms with Gasteiger partial charge in [0.1, 0.15) is 24.3 Å². The Labute approximate surface area is 114 Å². The molecule has 1 unspecified atom stereocenters. The van der Waals surface area contributed by atoms with Crippen molar-refractivity contribution in [3.05, 3.63) is 29.6 Å². The molecule has 0 aliphatic carbocycles. The Bertz CT molecular complexity index is 423. The summed E-state index contributed by atoms with van der Waals surface area (Å²) in [5.74, 6) is 0.497. The lowest BCUT2D eigenvalue weighted by Crippen LogP contribution is -2.47. The minimum absolute atomic E-state index is 0.0847. The Morgan fingerprint density at radius 3 is 2.95 bits per heavy atom. The Morgan fingerprint density at radius 2 is 2.26 bits per heavy atom. The number of hydrogen-bond donors (Lipinski definition) is 0. The molecule has 4 heteroatoms. The second-order valence-corrected chi connectivity index (χ2v) is 5.30. The van der Waals surface area contributed by atoms with E-state index in [9.17, 15) is 4.39 Å². The van der Waals surface area contributed by atoms with Crippen molar-refractivity contribution in [2.24, 2.45) is 0 Å². The van der Waals surface area contributed by atoms with E-state index < -0.39 is 0 Å². The fraction of sp³-hybridized carbons (Fsp3) is 0.600. The monoisotopic (exact) mass is 267 g/mol. The van der Waals surface area contributed by atoms with Crippen LogP contribution in [0.15, 0.2) is 18.2 Å². The number of aryl methyl sites for hydroxylation is 1. The maximum atomic E-state index is 13.1. The summed E-state index contributed by atoms with van der Waals surface area (Å²) in [6.07, 6.45) is 0.0847. The standard InChI is InChI=1S/C15H22FNO2/c1-11(2)17-6-7-18-14(9-17)10-19-13-4-5-15(16)12(3)8-13/h4-5,8,11,14H,6-7,9-10H2,1-3H3. The SMILES string of the molecule is Cc1cc(OCC2CN(C(C)C)CCO2)ccc1F. The molecular weight excluding hydrogens is 245 g/mol. The first-order chi connectivity index (χ1) is 9.06. The van der Waals surface area contributed by atoms with Crippen molar-refractivity contribution >= 4 is 0 Å². The zero-order valence-corrected chi connectivity index (χ0v) is 11.9. The van der Waals surface area contributed by atoms with Crippen LogP contribution in [0.3, 0.4) is 0 Å². The van der Waals surface area contributed by atoms with E-state index in [1.165, 1.54) is 6.07 Å². The van der Waals surface area contributed by atoms with Crippen molar-refractivity contribution in [2.45, 2.75) is 32.9 Å². The van der Waals surface area contributed by atoms with Crippen LogP contribution in [-0.2, 0) is 4.74 Å². The zero-order valence-electron chi connectivity index (χ0n) is 11.9. The molecule has 0 amide bonds. The molecule has 0 N–H and O–H groups in total. The van der Waals surface area contributed by atoms with Crippen LogP contribution in [0.2, 0.25) is 0 Å². The molecule has 106 valence electrons. The fourth-order valence-corrected chi connectivity index (χ4v) is 2.21. The highest BCUT2D eigenvalue weighted by molar-refractivity contribution is 5.28. The summed E-state index contributed by atoms with van der Waals surface area (Å²) in [7, 11) is 0. The smallest absolute Gasteiger partial charge is 0.126 e. The van der Waals surface area contributed by atoms with Crippen molar-refractivity contribution in [2.75, 3.05) is 26.3 Å². The van der Waals surface area contributed by atoms with Crippen LogP contribution in [0.25, 0.3) is 0 Å². The number of nitrogens with zero attached hydrogens (tertiary/aromatic N) is 1. The summed E-state index contributed by atoms with van der Waals surface area (Å²) >= 11 is 0. The molecule has 0 bridgehead atoms. The molecule has 1 aliphatic heterocycles. The second-order valence-electron chi connectivity index (χ2n) is 5.30. The molecule has 0 radical (unpaired) electrons. The lowest BCUT2D eigenvalue weighted by molar-refractivity contribution is -0.0564. The van der Waals surface area contributed by atoms with Gasteiger partial charge in [-0.25, -0.2) is 4.39 Å². The van der Waals surface area contributed by atoms with Crippen LogP contribution in [0, 0.1) is 12.7 Å². The topological polar surface area (TPSA) is 21.7 Å². The van der Waals surface area contributed by atoms with E-state index in [1.807, 2.05) is 0 Å². The van der Waals surface area contributed by atoms with Crippen LogP contribution < -0.4 is 4.74 Å². The molecule has 2 rings (SSSR count). The third-order valence-electron chi connectivity index (χ3n) is 3.47. The first-order valence-corrected chi connectivity index (χ1v) is 6.81. The average molecular weight is 267 g/mol. The summed E-state index contributed by atoms with van der Waals surface area (Å²) in [5.41, 5.74) is 0.603. The van der Waals surface area contributed by atoms with Crippen LogP contribution in [0.1, 0.15) is 19.4 Å². The number of rotatable bonds is 4. The normalized spacial score (nSPS) is 20.8. The van der Waals surface area contributed by atoms with Gasteiger partial charge in [0.25, 0.3) is 0 Å². The van der Waals surface area contributed by atoms with Gasteiger partial charge in [0.2, 0.25) is 0 Å². The van der Waals surface area contributed by atoms with Gasteiger partial charge in [-0.15, -0.1) is 0 Å². The van der Waals surface area contributed by atoms with Crippen molar-refractivity contribution in [1.82, 2.24) is 4.90 Å². The van der Waals surface area contributed by atoms with Gasteiger partial charge < -0.3 is 9.47 Å². The summed E-state index contributed by atoms with van der Waals surface area (Å²) in [4.78, 5) is 2.38. The Morgan fingerprint density at radius 1 is 1.47 bits per heavy atom. The Kier molecular flexibility index (Phi) is 4.77. The predicted molar refractivity (Wildman–Crippen MR) is 73.1 cm³/mol. The molecule has 0 saturated carbocycles. The number of benzene rings is 1. The van der Waals surface area contributed by atoms with E-state index in [-0.39, 0.29) is 11.9 Å². The van der Waals surface area contributed by atoms with Gasteiger partial charge in [-0.3, -0.25) is 4.90 Å². The zero-order chi connectivity index (χ0) is 13.8. The molecule has 1 aromatic rings. The molecule has 1 aromatic carbocycles. The largest absolute Gasteiger partial charge is 0.491 e. The predicted octanol–water partition coefficient (Wildman–Crippen LogP) is 2.62. The molecule has 3 nitrogen and oxygen atoms in total. The van der Waals surface area contributed by atoms with E-state index in [0.29, 0.717) is 24.0 Å². The third kappa shape index (κ3) is 3.91. The number of hydrogen-bond acceptors (Lipinski definition) is 3. The van der Waals surface area contributed by atoms with E-state index >= 15 is 0 Å². The Balaban J connectivity index is 1.86. The molecule has 1 heterocycles. The molecular formula is C15H22FNO2. The van der Waals surface area contributed by atoms with Crippen molar-refractivity contribution in [1.29, 1.82) is 0 Å². The quantitative estimate of drug-likeness (QED) is 0.837. The maximum Gasteiger partial charge on any atom is 0.126 e. The van der Waals surface area contributed by atoms with E-state index in [4.69, 9.17) is 9.47 Å². The second kappa shape index (κ2) is 6.35. The summed E-state index contributed by atoms with van der Waals surface area (Å²) in [6.45, 7) is 9.23. The molecule has 1 fully saturated rings. The van der Waals surface area contributed by atoms with E-state index in [0.717, 1.165) is 19.7 Å². The lowest BCUT2D eigenvalue weighted by atomic mass is 10.2. The summed E-state index contributed by atoms with van der Waals surface area (Å²) < 4.78 is 24.5. The summed E-state index contributed by atoms with van der Waals surface area (Å²) in [6, 6.07) is 5.34. The van der Waals surface area contributed by atoms with E-state index in [2.05, 4.69) is 18.7 Å². The van der Waals surface area contributed by atoms with Crippen LogP contribution in [-0.4, -0.2) is 43.3 Å². The first kappa shape index (κ1) is 14.3. The molecule has 1 saturated heterocycles. The fourth-order valence-electron chi connectivity index (χ4n) is 2.21. The highest BCUT2D eigenvalue weighted by Crippen LogP contribution is 2.17. The average Bonchev–Trinajstić information content (AvgIpc) is 2.40. The first-order valence-electron chi connectivity index (χ1n) is 6.81. The number of ether oxygens (including phenoxy) is 2.